The van der Waals surface area contributed by atoms with Crippen molar-refractivity contribution in [1.29, 1.82) is 0 Å². The number of carbonyl (C=O) groups is 1. The summed E-state index contributed by atoms with van der Waals surface area (Å²) in [4.78, 5) is 11.8. The van der Waals surface area contributed by atoms with E-state index in [0.29, 0.717) is 5.56 Å². The van der Waals surface area contributed by atoms with E-state index in [4.69, 9.17) is 9.47 Å². The summed E-state index contributed by atoms with van der Waals surface area (Å²) in [7, 11) is 0. The van der Waals surface area contributed by atoms with E-state index in [9.17, 15) is 20.1 Å². The molecule has 3 N–H and O–H groups in total. The van der Waals surface area contributed by atoms with Crippen LogP contribution in [0, 0.1) is 0 Å². The maximum Gasteiger partial charge on any atom is 0.340 e. The van der Waals surface area contributed by atoms with Gasteiger partial charge in [0.2, 0.25) is 6.29 Å². The molecule has 2 rings (SSSR count). The Hall–Kier alpha value is -1.47. The van der Waals surface area contributed by atoms with E-state index in [1.54, 1.807) is 30.3 Å². The molecule has 6 heteroatoms. The Morgan fingerprint density at radius 2 is 1.74 bits per heavy atom. The normalized spacial score (nSPS) is 34.8. The Kier molecular flexibility index (Phi) is 4.16. The summed E-state index contributed by atoms with van der Waals surface area (Å²) in [6.07, 6.45) is -6.18. The third-order valence-electron chi connectivity index (χ3n) is 3.04. The highest BCUT2D eigenvalue weighted by Gasteiger charge is 2.43. The number of hydrogen-bond acceptors (Lipinski definition) is 6. The summed E-state index contributed by atoms with van der Waals surface area (Å²) in [5.41, 5.74) is 0.312. The summed E-state index contributed by atoms with van der Waals surface area (Å²) in [6, 6.07) is 8.23. The molecule has 1 aromatic carbocycles. The molecule has 0 spiro atoms. The maximum absolute atomic E-state index is 11.8. The summed E-state index contributed by atoms with van der Waals surface area (Å²) in [5, 5.41) is 28.8. The molecule has 1 aliphatic heterocycles. The fourth-order valence-electron chi connectivity index (χ4n) is 1.86. The molecule has 0 aromatic heterocycles. The molecule has 104 valence electrons. The first kappa shape index (κ1) is 14.0. The van der Waals surface area contributed by atoms with Gasteiger partial charge in [0.15, 0.2) is 0 Å². The van der Waals surface area contributed by atoms with E-state index in [1.165, 1.54) is 6.92 Å². The van der Waals surface area contributed by atoms with E-state index in [0.717, 1.165) is 0 Å². The Labute approximate surface area is 110 Å². The van der Waals surface area contributed by atoms with Crippen molar-refractivity contribution in [2.75, 3.05) is 0 Å². The zero-order valence-corrected chi connectivity index (χ0v) is 10.3. The second-order valence-electron chi connectivity index (χ2n) is 4.45. The molecule has 1 aliphatic rings. The Bertz CT molecular complexity index is 434. The largest absolute Gasteiger partial charge is 0.429 e. The lowest BCUT2D eigenvalue weighted by Gasteiger charge is -2.38. The average Bonchev–Trinajstić information content (AvgIpc) is 2.43. The number of esters is 1. The van der Waals surface area contributed by atoms with Crippen molar-refractivity contribution < 1.29 is 29.6 Å². The second-order valence-corrected chi connectivity index (χ2v) is 4.45. The number of hydrogen-bond donors (Lipinski definition) is 3. The van der Waals surface area contributed by atoms with Gasteiger partial charge in [0.25, 0.3) is 0 Å². The molecular formula is C13H16O6. The van der Waals surface area contributed by atoms with Gasteiger partial charge < -0.3 is 24.8 Å². The van der Waals surface area contributed by atoms with Gasteiger partial charge in [-0.1, -0.05) is 18.2 Å². The van der Waals surface area contributed by atoms with Crippen LogP contribution in [0.15, 0.2) is 30.3 Å². The van der Waals surface area contributed by atoms with Gasteiger partial charge in [-0.05, 0) is 19.1 Å². The Morgan fingerprint density at radius 3 is 2.37 bits per heavy atom. The predicted molar refractivity (Wildman–Crippen MR) is 64.2 cm³/mol. The molecular weight excluding hydrogens is 256 g/mol. The van der Waals surface area contributed by atoms with Crippen LogP contribution in [0.3, 0.4) is 0 Å². The van der Waals surface area contributed by atoms with Gasteiger partial charge in [0.1, 0.15) is 18.3 Å². The number of benzene rings is 1. The number of carbonyl (C=O) groups excluding carboxylic acids is 1. The number of aliphatic hydroxyl groups is 3. The molecule has 1 fully saturated rings. The van der Waals surface area contributed by atoms with E-state index < -0.39 is 36.7 Å². The van der Waals surface area contributed by atoms with Gasteiger partial charge in [0.05, 0.1) is 11.7 Å². The molecule has 0 unspecified atom stereocenters. The quantitative estimate of drug-likeness (QED) is 0.504. The maximum atomic E-state index is 11.8. The summed E-state index contributed by atoms with van der Waals surface area (Å²) >= 11 is 0. The Balaban J connectivity index is 2.05. The lowest BCUT2D eigenvalue weighted by Crippen LogP contribution is -2.57. The van der Waals surface area contributed by atoms with Crippen molar-refractivity contribution in [1.82, 2.24) is 0 Å². The predicted octanol–water partition coefficient (Wildman–Crippen LogP) is -0.329. The second kappa shape index (κ2) is 5.66. The summed E-state index contributed by atoms with van der Waals surface area (Å²) < 4.78 is 10.2. The fourth-order valence-corrected chi connectivity index (χ4v) is 1.86. The molecule has 0 saturated carbocycles. The number of aliphatic hydroxyl groups excluding tert-OH is 3. The van der Waals surface area contributed by atoms with Crippen molar-refractivity contribution in [3.05, 3.63) is 35.9 Å². The van der Waals surface area contributed by atoms with Crippen LogP contribution in [0.25, 0.3) is 0 Å². The average molecular weight is 272 g/mol. The molecule has 5 atom stereocenters. The van der Waals surface area contributed by atoms with E-state index in [1.807, 2.05) is 0 Å². The van der Waals surface area contributed by atoms with Crippen LogP contribution in [0.4, 0.5) is 0 Å². The van der Waals surface area contributed by atoms with Gasteiger partial charge in [-0.2, -0.15) is 0 Å². The van der Waals surface area contributed by atoms with Crippen molar-refractivity contribution in [3.63, 3.8) is 0 Å². The van der Waals surface area contributed by atoms with Crippen LogP contribution in [0.5, 0.6) is 0 Å². The lowest BCUT2D eigenvalue weighted by molar-refractivity contribution is -0.276. The highest BCUT2D eigenvalue weighted by molar-refractivity contribution is 5.89. The molecule has 0 bridgehead atoms. The highest BCUT2D eigenvalue weighted by atomic mass is 16.7. The molecule has 0 amide bonds. The van der Waals surface area contributed by atoms with Crippen LogP contribution < -0.4 is 0 Å². The molecule has 19 heavy (non-hydrogen) atoms. The van der Waals surface area contributed by atoms with Crippen LogP contribution in [-0.4, -0.2) is 52.0 Å². The first-order chi connectivity index (χ1) is 9.00. The first-order valence-corrected chi connectivity index (χ1v) is 5.96. The molecule has 0 radical (unpaired) electrons. The van der Waals surface area contributed by atoms with E-state index >= 15 is 0 Å². The minimum atomic E-state index is -1.49. The van der Waals surface area contributed by atoms with Crippen molar-refractivity contribution in [2.24, 2.45) is 0 Å². The summed E-state index contributed by atoms with van der Waals surface area (Å²) in [5.74, 6) is -0.666. The van der Waals surface area contributed by atoms with Crippen LogP contribution in [0.1, 0.15) is 17.3 Å². The minimum Gasteiger partial charge on any atom is -0.429 e. The molecule has 1 heterocycles. The zero-order valence-electron chi connectivity index (χ0n) is 10.3. The number of ether oxygens (including phenoxy) is 2. The van der Waals surface area contributed by atoms with Crippen LogP contribution in [0.2, 0.25) is 0 Å². The van der Waals surface area contributed by atoms with Crippen molar-refractivity contribution in [3.8, 4) is 0 Å². The molecule has 1 aromatic rings. The topological polar surface area (TPSA) is 96.2 Å². The van der Waals surface area contributed by atoms with Crippen molar-refractivity contribution in [2.45, 2.75) is 37.6 Å². The van der Waals surface area contributed by atoms with Crippen LogP contribution >= 0.6 is 0 Å². The zero-order chi connectivity index (χ0) is 14.0. The highest BCUT2D eigenvalue weighted by Crippen LogP contribution is 2.22. The third-order valence-corrected chi connectivity index (χ3v) is 3.04. The molecule has 1 saturated heterocycles. The standard InChI is InChI=1S/C13H16O6/c1-7-9(14)10(15)11(16)13(18-7)19-12(17)8-5-3-2-4-6-8/h2-7,9-11,13-16H,1H3/t7-,9-,10+,11+,13-/m0/s1/i3+1,8+1,9+1,11+1. The molecule has 0 aliphatic carbocycles. The minimum absolute atomic E-state index is 0.312. The van der Waals surface area contributed by atoms with E-state index in [-0.39, 0.29) is 0 Å². The van der Waals surface area contributed by atoms with Crippen molar-refractivity contribution >= 4 is 5.97 Å². The molecule has 6 nitrogen and oxygen atoms in total. The van der Waals surface area contributed by atoms with Gasteiger partial charge >= 0.3 is 5.97 Å². The number of rotatable bonds is 2. The SMILES string of the molecule is C[C@@H]1O[C@@H](OC(=O)[13c]2ccc[13cH]c2)[13C@H](O)[C@H](O)[13C@H]1O. The Morgan fingerprint density at radius 1 is 1.11 bits per heavy atom. The van der Waals surface area contributed by atoms with Crippen LogP contribution in [-0.2, 0) is 9.47 Å². The van der Waals surface area contributed by atoms with E-state index in [2.05, 4.69) is 0 Å². The summed E-state index contributed by atoms with van der Waals surface area (Å²) in [6.45, 7) is 1.52. The first-order valence-electron chi connectivity index (χ1n) is 5.96. The monoisotopic (exact) mass is 272 g/mol. The smallest absolute Gasteiger partial charge is 0.340 e. The van der Waals surface area contributed by atoms with Gasteiger partial charge in [0, 0.05) is 0 Å². The van der Waals surface area contributed by atoms with Gasteiger partial charge in [-0.25, -0.2) is 4.79 Å². The third kappa shape index (κ3) is 2.93. The van der Waals surface area contributed by atoms with Gasteiger partial charge in [-0.15, -0.1) is 0 Å². The van der Waals surface area contributed by atoms with Gasteiger partial charge in [-0.3, -0.25) is 0 Å². The lowest BCUT2D eigenvalue weighted by atomic mass is 10.3. The fraction of sp³-hybridized carbons (Fsp3) is 0.462.